The van der Waals surface area contributed by atoms with Crippen LogP contribution in [0.1, 0.15) is 45.1 Å². The van der Waals surface area contributed by atoms with Crippen LogP contribution in [-0.2, 0) is 6.54 Å². The molecule has 0 spiro atoms. The number of rotatable bonds is 5. The third-order valence-corrected chi connectivity index (χ3v) is 6.56. The Hall–Kier alpha value is -2.41. The Morgan fingerprint density at radius 3 is 2.39 bits per heavy atom. The SMILES string of the molecule is CC1CCN(c2cc(N3CCCC(C)C3)nc(NC(=S)NCc3ccccc3)n2)CC1. The Morgan fingerprint density at radius 1 is 0.968 bits per heavy atom. The van der Waals surface area contributed by atoms with E-state index in [-0.39, 0.29) is 0 Å². The molecule has 3 heterocycles. The molecule has 7 heteroatoms. The predicted molar refractivity (Wildman–Crippen MR) is 133 cm³/mol. The van der Waals surface area contributed by atoms with Gasteiger partial charge in [-0.2, -0.15) is 9.97 Å². The van der Waals surface area contributed by atoms with E-state index in [1.807, 2.05) is 18.2 Å². The van der Waals surface area contributed by atoms with E-state index in [0.717, 1.165) is 43.7 Å². The van der Waals surface area contributed by atoms with E-state index < -0.39 is 0 Å². The molecule has 0 radical (unpaired) electrons. The quantitative estimate of drug-likeness (QED) is 0.670. The topological polar surface area (TPSA) is 56.3 Å². The smallest absolute Gasteiger partial charge is 0.232 e. The van der Waals surface area contributed by atoms with Gasteiger partial charge in [-0.1, -0.05) is 44.2 Å². The third kappa shape index (κ3) is 6.06. The highest BCUT2D eigenvalue weighted by atomic mass is 32.1. The van der Waals surface area contributed by atoms with Crippen LogP contribution in [0.25, 0.3) is 0 Å². The lowest BCUT2D eigenvalue weighted by Crippen LogP contribution is -2.37. The summed E-state index contributed by atoms with van der Waals surface area (Å²) in [4.78, 5) is 14.5. The number of benzene rings is 1. The number of anilines is 3. The minimum atomic E-state index is 0.547. The average molecular weight is 439 g/mol. The van der Waals surface area contributed by atoms with Gasteiger partial charge in [0, 0.05) is 38.8 Å². The van der Waals surface area contributed by atoms with Crippen LogP contribution in [0, 0.1) is 11.8 Å². The molecule has 2 fully saturated rings. The van der Waals surface area contributed by atoms with Gasteiger partial charge < -0.3 is 20.4 Å². The van der Waals surface area contributed by atoms with E-state index in [0.29, 0.717) is 23.5 Å². The van der Waals surface area contributed by atoms with Gasteiger partial charge in [-0.15, -0.1) is 0 Å². The van der Waals surface area contributed by atoms with Gasteiger partial charge in [0.15, 0.2) is 5.11 Å². The van der Waals surface area contributed by atoms with Gasteiger partial charge in [0.1, 0.15) is 11.6 Å². The lowest BCUT2D eigenvalue weighted by molar-refractivity contribution is 0.435. The zero-order chi connectivity index (χ0) is 21.6. The number of hydrogen-bond donors (Lipinski definition) is 2. The first-order valence-corrected chi connectivity index (χ1v) is 12.0. The number of thiocarbonyl (C=S) groups is 1. The normalized spacial score (nSPS) is 19.9. The van der Waals surface area contributed by atoms with Crippen LogP contribution in [0.2, 0.25) is 0 Å². The van der Waals surface area contributed by atoms with Crippen LogP contribution >= 0.6 is 12.2 Å². The van der Waals surface area contributed by atoms with Crippen molar-refractivity contribution >= 4 is 34.9 Å². The van der Waals surface area contributed by atoms with Crippen molar-refractivity contribution in [2.24, 2.45) is 11.8 Å². The Morgan fingerprint density at radius 2 is 1.68 bits per heavy atom. The second-order valence-electron chi connectivity index (χ2n) is 9.06. The molecule has 0 aliphatic carbocycles. The Bertz CT molecular complexity index is 866. The molecule has 1 aromatic heterocycles. The van der Waals surface area contributed by atoms with E-state index in [1.165, 1.54) is 31.2 Å². The standard InChI is InChI=1S/C24H34N6S/c1-18-10-13-29(14-11-18)21-15-22(30-12-6-7-19(2)17-30)27-23(26-21)28-24(31)25-16-20-8-4-3-5-9-20/h3-5,8-9,15,18-19H,6-7,10-14,16-17H2,1-2H3,(H2,25,26,27,28,31). The number of nitrogens with zero attached hydrogens (tertiary/aromatic N) is 4. The zero-order valence-electron chi connectivity index (χ0n) is 18.7. The summed E-state index contributed by atoms with van der Waals surface area (Å²) in [6.07, 6.45) is 4.92. The zero-order valence-corrected chi connectivity index (χ0v) is 19.5. The van der Waals surface area contributed by atoms with Gasteiger partial charge in [-0.3, -0.25) is 0 Å². The molecule has 1 aromatic carbocycles. The van der Waals surface area contributed by atoms with Crippen molar-refractivity contribution in [1.29, 1.82) is 0 Å². The van der Waals surface area contributed by atoms with Crippen LogP contribution in [0.4, 0.5) is 17.6 Å². The van der Waals surface area contributed by atoms with Crippen molar-refractivity contribution in [3.05, 3.63) is 42.0 Å². The monoisotopic (exact) mass is 438 g/mol. The van der Waals surface area contributed by atoms with Gasteiger partial charge in [-0.05, 0) is 55.3 Å². The van der Waals surface area contributed by atoms with Gasteiger partial charge >= 0.3 is 0 Å². The van der Waals surface area contributed by atoms with Crippen molar-refractivity contribution in [2.45, 2.75) is 46.1 Å². The molecule has 166 valence electrons. The molecule has 0 saturated carbocycles. The fourth-order valence-electron chi connectivity index (χ4n) is 4.36. The van der Waals surface area contributed by atoms with Crippen LogP contribution < -0.4 is 20.4 Å². The lowest BCUT2D eigenvalue weighted by atomic mass is 9.99. The summed E-state index contributed by atoms with van der Waals surface area (Å²) >= 11 is 5.54. The highest BCUT2D eigenvalue weighted by Crippen LogP contribution is 2.28. The number of piperidine rings is 2. The maximum Gasteiger partial charge on any atom is 0.232 e. The molecule has 2 aliphatic heterocycles. The first-order chi connectivity index (χ1) is 15.1. The largest absolute Gasteiger partial charge is 0.358 e. The van der Waals surface area contributed by atoms with Gasteiger partial charge in [-0.25, -0.2) is 0 Å². The molecular formula is C24H34N6S. The average Bonchev–Trinajstić information content (AvgIpc) is 2.79. The maximum atomic E-state index is 5.54. The van der Waals surface area contributed by atoms with Crippen LogP contribution in [0.5, 0.6) is 0 Å². The molecule has 1 atom stereocenters. The molecule has 2 aromatic rings. The van der Waals surface area contributed by atoms with Crippen molar-refractivity contribution < 1.29 is 0 Å². The van der Waals surface area contributed by atoms with Crippen LogP contribution in [-0.4, -0.2) is 41.3 Å². The highest BCUT2D eigenvalue weighted by Gasteiger charge is 2.22. The summed E-state index contributed by atoms with van der Waals surface area (Å²) in [6.45, 7) is 9.52. The van der Waals surface area contributed by atoms with Gasteiger partial charge in [0.2, 0.25) is 5.95 Å². The minimum Gasteiger partial charge on any atom is -0.358 e. The van der Waals surface area contributed by atoms with E-state index in [4.69, 9.17) is 22.2 Å². The summed E-state index contributed by atoms with van der Waals surface area (Å²) in [5.41, 5.74) is 1.19. The fourth-order valence-corrected chi connectivity index (χ4v) is 4.52. The molecule has 0 amide bonds. The maximum absolute atomic E-state index is 5.54. The first-order valence-electron chi connectivity index (χ1n) is 11.5. The molecule has 2 saturated heterocycles. The molecule has 1 unspecified atom stereocenters. The summed E-state index contributed by atoms with van der Waals surface area (Å²) < 4.78 is 0. The summed E-state index contributed by atoms with van der Waals surface area (Å²) in [6, 6.07) is 12.4. The van der Waals surface area contributed by atoms with E-state index in [1.54, 1.807) is 0 Å². The molecule has 2 aliphatic rings. The second-order valence-corrected chi connectivity index (χ2v) is 9.47. The van der Waals surface area contributed by atoms with Crippen LogP contribution in [0.15, 0.2) is 36.4 Å². The van der Waals surface area contributed by atoms with Crippen molar-refractivity contribution in [3.8, 4) is 0 Å². The molecule has 4 rings (SSSR count). The lowest BCUT2D eigenvalue weighted by Gasteiger charge is -2.34. The summed E-state index contributed by atoms with van der Waals surface area (Å²) in [5, 5.41) is 7.05. The van der Waals surface area contributed by atoms with Crippen molar-refractivity contribution in [1.82, 2.24) is 15.3 Å². The summed E-state index contributed by atoms with van der Waals surface area (Å²) in [5.74, 6) is 4.06. The number of hydrogen-bond acceptors (Lipinski definition) is 5. The van der Waals surface area contributed by atoms with E-state index in [2.05, 4.69) is 52.5 Å². The van der Waals surface area contributed by atoms with Crippen molar-refractivity contribution in [2.75, 3.05) is 41.3 Å². The predicted octanol–water partition coefficient (Wildman–Crippen LogP) is 4.44. The Labute approximate surface area is 191 Å². The van der Waals surface area contributed by atoms with Crippen LogP contribution in [0.3, 0.4) is 0 Å². The Balaban J connectivity index is 1.50. The first kappa shape index (κ1) is 21.8. The fraction of sp³-hybridized carbons (Fsp3) is 0.542. The number of aromatic nitrogens is 2. The molecule has 31 heavy (non-hydrogen) atoms. The molecule has 2 N–H and O–H groups in total. The van der Waals surface area contributed by atoms with E-state index in [9.17, 15) is 0 Å². The highest BCUT2D eigenvalue weighted by molar-refractivity contribution is 7.80. The Kier molecular flexibility index (Phi) is 7.22. The summed E-state index contributed by atoms with van der Waals surface area (Å²) in [7, 11) is 0. The molecule has 6 nitrogen and oxygen atoms in total. The third-order valence-electron chi connectivity index (χ3n) is 6.31. The molecular weight excluding hydrogens is 404 g/mol. The second kappa shape index (κ2) is 10.3. The van der Waals surface area contributed by atoms with Gasteiger partial charge in [0.25, 0.3) is 0 Å². The number of nitrogens with one attached hydrogen (secondary N) is 2. The minimum absolute atomic E-state index is 0.547. The van der Waals surface area contributed by atoms with Crippen molar-refractivity contribution in [3.63, 3.8) is 0 Å². The molecule has 0 bridgehead atoms. The van der Waals surface area contributed by atoms with E-state index >= 15 is 0 Å². The van der Waals surface area contributed by atoms with Gasteiger partial charge in [0.05, 0.1) is 0 Å².